The normalized spacial score (nSPS) is 10.9. The van der Waals surface area contributed by atoms with E-state index < -0.39 is 0 Å². The zero-order chi connectivity index (χ0) is 19.9. The molecule has 0 amide bonds. The first kappa shape index (κ1) is 18.4. The summed E-state index contributed by atoms with van der Waals surface area (Å²) in [4.78, 5) is 0. The summed E-state index contributed by atoms with van der Waals surface area (Å²) in [5.41, 5.74) is 2.91. The highest BCUT2D eigenvalue weighted by Crippen LogP contribution is 2.28. The molecular weight excluding hydrogens is 364 g/mol. The Morgan fingerprint density at radius 3 is 2.45 bits per heavy atom. The Morgan fingerprint density at radius 1 is 0.931 bits per heavy atom. The topological polar surface area (TPSA) is 61.5 Å². The van der Waals surface area contributed by atoms with Gasteiger partial charge in [-0.2, -0.15) is 9.78 Å². The van der Waals surface area contributed by atoms with Gasteiger partial charge >= 0.3 is 0 Å². The maximum Gasteiger partial charge on any atom is 0.184 e. The second-order valence-electron chi connectivity index (χ2n) is 6.29. The van der Waals surface area contributed by atoms with Crippen LogP contribution in [0.25, 0.3) is 11.4 Å². The summed E-state index contributed by atoms with van der Waals surface area (Å²) in [6.45, 7) is 0.460. The van der Waals surface area contributed by atoms with Crippen molar-refractivity contribution in [2.45, 2.75) is 6.61 Å². The Balaban J connectivity index is 1.54. The van der Waals surface area contributed by atoms with Crippen molar-refractivity contribution in [2.24, 2.45) is 5.10 Å². The van der Waals surface area contributed by atoms with Crippen LogP contribution in [-0.4, -0.2) is 28.2 Å². The quantitative estimate of drug-likeness (QED) is 0.443. The van der Waals surface area contributed by atoms with E-state index >= 15 is 0 Å². The number of methoxy groups -OCH3 is 1. The summed E-state index contributed by atoms with van der Waals surface area (Å²) in [5.74, 6) is 2.01. The second kappa shape index (κ2) is 8.84. The number of benzene rings is 3. The molecule has 4 rings (SSSR count). The van der Waals surface area contributed by atoms with Gasteiger partial charge in [0.15, 0.2) is 17.3 Å². The van der Waals surface area contributed by atoms with Gasteiger partial charge in [0, 0.05) is 5.56 Å². The number of ether oxygens (including phenoxy) is 2. The fraction of sp³-hybridized carbons (Fsp3) is 0.0870. The minimum Gasteiger partial charge on any atom is -0.493 e. The molecule has 1 aromatic heterocycles. The van der Waals surface area contributed by atoms with E-state index in [1.807, 2.05) is 78.9 Å². The van der Waals surface area contributed by atoms with E-state index in [4.69, 9.17) is 9.47 Å². The summed E-state index contributed by atoms with van der Waals surface area (Å²) in [5, 5.41) is 12.6. The number of hydrogen-bond donors (Lipinski definition) is 0. The molecule has 0 radical (unpaired) electrons. The zero-order valence-corrected chi connectivity index (χ0v) is 16.0. The highest BCUT2D eigenvalue weighted by Gasteiger charge is 2.07. The van der Waals surface area contributed by atoms with E-state index in [0.29, 0.717) is 23.9 Å². The van der Waals surface area contributed by atoms with Crippen LogP contribution in [0.5, 0.6) is 11.5 Å². The van der Waals surface area contributed by atoms with Crippen LogP contribution in [0.3, 0.4) is 0 Å². The van der Waals surface area contributed by atoms with E-state index in [0.717, 1.165) is 16.7 Å². The average Bonchev–Trinajstić information content (AvgIpc) is 3.26. The van der Waals surface area contributed by atoms with E-state index in [-0.39, 0.29) is 0 Å². The lowest BCUT2D eigenvalue weighted by molar-refractivity contribution is 0.284. The van der Waals surface area contributed by atoms with Gasteiger partial charge in [-0.15, -0.1) is 10.2 Å². The molecule has 0 aliphatic carbocycles. The molecule has 0 atom stereocenters. The monoisotopic (exact) mass is 384 g/mol. The standard InChI is InChI=1S/C23H20N4O2/c1-28-21-13-12-19(14-22(21)29-16-18-8-4-2-5-9-18)15-25-27-17-24-26-23(27)20-10-6-3-7-11-20/h2-15,17H,16H2,1H3/b25-15-. The van der Waals surface area contributed by atoms with Crippen LogP contribution in [0.15, 0.2) is 90.3 Å². The third-order valence-corrected chi connectivity index (χ3v) is 4.32. The molecule has 0 fully saturated rings. The number of aromatic nitrogens is 3. The molecule has 6 heteroatoms. The van der Waals surface area contributed by atoms with Crippen LogP contribution in [0.1, 0.15) is 11.1 Å². The van der Waals surface area contributed by atoms with Crippen LogP contribution in [0.4, 0.5) is 0 Å². The molecule has 3 aromatic carbocycles. The lowest BCUT2D eigenvalue weighted by atomic mass is 10.2. The van der Waals surface area contributed by atoms with Crippen LogP contribution < -0.4 is 9.47 Å². The Bertz CT molecular complexity index is 1090. The van der Waals surface area contributed by atoms with Gasteiger partial charge in [-0.05, 0) is 29.3 Å². The van der Waals surface area contributed by atoms with Crippen molar-refractivity contribution in [3.05, 3.63) is 96.3 Å². The van der Waals surface area contributed by atoms with Crippen molar-refractivity contribution >= 4 is 6.21 Å². The van der Waals surface area contributed by atoms with Crippen LogP contribution in [0, 0.1) is 0 Å². The van der Waals surface area contributed by atoms with Gasteiger partial charge in [0.05, 0.1) is 13.3 Å². The van der Waals surface area contributed by atoms with E-state index in [1.165, 1.54) is 0 Å². The maximum atomic E-state index is 5.97. The molecule has 0 aliphatic rings. The van der Waals surface area contributed by atoms with Crippen LogP contribution in [0.2, 0.25) is 0 Å². The van der Waals surface area contributed by atoms with Crippen molar-refractivity contribution in [2.75, 3.05) is 7.11 Å². The highest BCUT2D eigenvalue weighted by atomic mass is 16.5. The summed E-state index contributed by atoms with van der Waals surface area (Å²) < 4.78 is 13.0. The third-order valence-electron chi connectivity index (χ3n) is 4.32. The number of nitrogens with zero attached hydrogens (tertiary/aromatic N) is 4. The van der Waals surface area contributed by atoms with Gasteiger partial charge in [0.1, 0.15) is 12.9 Å². The van der Waals surface area contributed by atoms with Gasteiger partial charge < -0.3 is 9.47 Å². The van der Waals surface area contributed by atoms with Crippen molar-refractivity contribution in [1.29, 1.82) is 0 Å². The molecule has 6 nitrogen and oxygen atoms in total. The summed E-state index contributed by atoms with van der Waals surface area (Å²) in [7, 11) is 1.63. The largest absolute Gasteiger partial charge is 0.493 e. The molecule has 0 aliphatic heterocycles. The Morgan fingerprint density at radius 2 is 1.69 bits per heavy atom. The molecule has 0 N–H and O–H groups in total. The van der Waals surface area contributed by atoms with Crippen molar-refractivity contribution in [3.8, 4) is 22.9 Å². The summed E-state index contributed by atoms with van der Waals surface area (Å²) in [6.07, 6.45) is 3.32. The summed E-state index contributed by atoms with van der Waals surface area (Å²) in [6, 6.07) is 25.5. The number of rotatable bonds is 7. The van der Waals surface area contributed by atoms with Gasteiger partial charge in [0.2, 0.25) is 0 Å². The van der Waals surface area contributed by atoms with Gasteiger partial charge in [-0.1, -0.05) is 60.7 Å². The first-order valence-corrected chi connectivity index (χ1v) is 9.18. The Kier molecular flexibility index (Phi) is 5.62. The fourth-order valence-corrected chi connectivity index (χ4v) is 2.84. The zero-order valence-electron chi connectivity index (χ0n) is 16.0. The molecule has 1 heterocycles. The predicted molar refractivity (Wildman–Crippen MR) is 112 cm³/mol. The molecule has 0 saturated carbocycles. The van der Waals surface area contributed by atoms with Gasteiger partial charge in [0.25, 0.3) is 0 Å². The molecule has 144 valence electrons. The molecule has 0 spiro atoms. The van der Waals surface area contributed by atoms with Crippen LogP contribution >= 0.6 is 0 Å². The van der Waals surface area contributed by atoms with E-state index in [1.54, 1.807) is 24.3 Å². The van der Waals surface area contributed by atoms with Gasteiger partial charge in [-0.3, -0.25) is 0 Å². The molecule has 0 unspecified atom stereocenters. The smallest absolute Gasteiger partial charge is 0.184 e. The second-order valence-corrected chi connectivity index (χ2v) is 6.29. The van der Waals surface area contributed by atoms with Crippen molar-refractivity contribution < 1.29 is 9.47 Å². The SMILES string of the molecule is COc1ccc(/C=N\n2cnnc2-c2ccccc2)cc1OCc1ccccc1. The lowest BCUT2D eigenvalue weighted by Gasteiger charge is -2.11. The first-order valence-electron chi connectivity index (χ1n) is 9.18. The molecular formula is C23H20N4O2. The van der Waals surface area contributed by atoms with Gasteiger partial charge in [-0.25, -0.2) is 0 Å². The first-order chi connectivity index (χ1) is 14.3. The minimum absolute atomic E-state index is 0.460. The highest BCUT2D eigenvalue weighted by molar-refractivity contribution is 5.81. The number of hydrogen-bond acceptors (Lipinski definition) is 5. The molecule has 0 bridgehead atoms. The van der Waals surface area contributed by atoms with Crippen molar-refractivity contribution in [1.82, 2.24) is 14.9 Å². The molecule has 29 heavy (non-hydrogen) atoms. The van der Waals surface area contributed by atoms with E-state index in [9.17, 15) is 0 Å². The fourth-order valence-electron chi connectivity index (χ4n) is 2.84. The lowest BCUT2D eigenvalue weighted by Crippen LogP contribution is -1.99. The Hall–Kier alpha value is -3.93. The van der Waals surface area contributed by atoms with E-state index in [2.05, 4.69) is 15.3 Å². The third kappa shape index (κ3) is 4.50. The van der Waals surface area contributed by atoms with Crippen LogP contribution in [-0.2, 0) is 6.61 Å². The minimum atomic E-state index is 0.460. The average molecular weight is 384 g/mol. The Labute approximate surface area is 169 Å². The molecule has 4 aromatic rings. The summed E-state index contributed by atoms with van der Waals surface area (Å²) >= 11 is 0. The molecule has 0 saturated heterocycles. The van der Waals surface area contributed by atoms with Crippen molar-refractivity contribution in [3.63, 3.8) is 0 Å². The maximum absolute atomic E-state index is 5.97. The predicted octanol–water partition coefficient (Wildman–Crippen LogP) is 4.41.